The highest BCUT2D eigenvalue weighted by Crippen LogP contribution is 2.17. The van der Waals surface area contributed by atoms with Crippen molar-refractivity contribution in [3.63, 3.8) is 0 Å². The molecule has 0 unspecified atom stereocenters. The molecule has 0 atom stereocenters. The van der Waals surface area contributed by atoms with E-state index in [0.717, 1.165) is 0 Å². The molecular weight excluding hydrogens is 336 g/mol. The molecule has 0 bridgehead atoms. The second-order valence-corrected chi connectivity index (χ2v) is 5.53. The molecule has 1 aromatic carbocycles. The SMILES string of the molecule is O=C(NCCn1nnc2ccccc2c1=O)c1cc(-c2ccco2)[nH]n1. The summed E-state index contributed by atoms with van der Waals surface area (Å²) in [6.07, 6.45) is 1.54. The number of carbonyl (C=O) groups excluding carboxylic acids is 1. The lowest BCUT2D eigenvalue weighted by molar-refractivity contribution is 0.0946. The summed E-state index contributed by atoms with van der Waals surface area (Å²) in [5.74, 6) is 0.232. The van der Waals surface area contributed by atoms with Crippen molar-refractivity contribution in [1.82, 2.24) is 30.5 Å². The van der Waals surface area contributed by atoms with Crippen LogP contribution in [-0.4, -0.2) is 37.6 Å². The van der Waals surface area contributed by atoms with Gasteiger partial charge in [-0.15, -0.1) is 5.10 Å². The third kappa shape index (κ3) is 2.97. The Bertz CT molecular complexity index is 1110. The van der Waals surface area contributed by atoms with E-state index in [9.17, 15) is 9.59 Å². The number of nitrogens with one attached hydrogen (secondary N) is 2. The number of fused-ring (bicyclic) bond motifs is 1. The van der Waals surface area contributed by atoms with Crippen molar-refractivity contribution in [3.05, 3.63) is 64.8 Å². The van der Waals surface area contributed by atoms with Gasteiger partial charge in [0.05, 0.1) is 18.2 Å². The van der Waals surface area contributed by atoms with E-state index < -0.39 is 0 Å². The highest BCUT2D eigenvalue weighted by atomic mass is 16.3. The molecule has 130 valence electrons. The van der Waals surface area contributed by atoms with Gasteiger partial charge in [0.15, 0.2) is 11.5 Å². The number of rotatable bonds is 5. The van der Waals surface area contributed by atoms with E-state index in [2.05, 4.69) is 25.8 Å². The third-order valence-corrected chi connectivity index (χ3v) is 3.84. The molecule has 0 aliphatic heterocycles. The predicted octanol–water partition coefficient (Wildman–Crippen LogP) is 1.20. The summed E-state index contributed by atoms with van der Waals surface area (Å²) in [6, 6.07) is 12.1. The van der Waals surface area contributed by atoms with Crippen molar-refractivity contribution in [3.8, 4) is 11.5 Å². The first-order valence-corrected chi connectivity index (χ1v) is 7.92. The van der Waals surface area contributed by atoms with Gasteiger partial charge in [0.1, 0.15) is 11.2 Å². The van der Waals surface area contributed by atoms with Gasteiger partial charge in [0.25, 0.3) is 11.5 Å². The lowest BCUT2D eigenvalue weighted by Crippen LogP contribution is -2.32. The number of amides is 1. The molecule has 4 rings (SSSR count). The molecule has 3 heterocycles. The van der Waals surface area contributed by atoms with Gasteiger partial charge in [-0.3, -0.25) is 14.7 Å². The highest BCUT2D eigenvalue weighted by molar-refractivity contribution is 5.93. The first-order valence-electron chi connectivity index (χ1n) is 7.92. The topological polar surface area (TPSA) is 119 Å². The van der Waals surface area contributed by atoms with Crippen molar-refractivity contribution in [2.45, 2.75) is 6.54 Å². The standard InChI is InChI=1S/C17H14N6O3/c24-16(14-10-13(19-20-14)15-6-3-9-26-15)18-7-8-23-17(25)11-4-1-2-5-12(11)21-22-23/h1-6,9-10H,7-8H2,(H,18,24)(H,19,20). The summed E-state index contributed by atoms with van der Waals surface area (Å²) >= 11 is 0. The van der Waals surface area contributed by atoms with Crippen LogP contribution in [0.4, 0.5) is 0 Å². The number of benzene rings is 1. The Balaban J connectivity index is 1.41. The van der Waals surface area contributed by atoms with E-state index in [4.69, 9.17) is 4.42 Å². The summed E-state index contributed by atoms with van der Waals surface area (Å²) < 4.78 is 6.47. The van der Waals surface area contributed by atoms with Crippen LogP contribution >= 0.6 is 0 Å². The minimum atomic E-state index is -0.360. The zero-order chi connectivity index (χ0) is 17.9. The average molecular weight is 350 g/mol. The summed E-state index contributed by atoms with van der Waals surface area (Å²) in [5.41, 5.74) is 1.13. The number of H-pyrrole nitrogens is 1. The van der Waals surface area contributed by atoms with Crippen LogP contribution in [0.3, 0.4) is 0 Å². The Hall–Kier alpha value is -3.75. The lowest BCUT2D eigenvalue weighted by atomic mass is 10.2. The first kappa shape index (κ1) is 15.8. The van der Waals surface area contributed by atoms with Crippen LogP contribution in [-0.2, 0) is 6.54 Å². The van der Waals surface area contributed by atoms with Gasteiger partial charge in [-0.05, 0) is 24.3 Å². The number of aromatic amines is 1. The van der Waals surface area contributed by atoms with Gasteiger partial charge in [-0.1, -0.05) is 17.3 Å². The monoisotopic (exact) mass is 350 g/mol. The minimum Gasteiger partial charge on any atom is -0.463 e. The van der Waals surface area contributed by atoms with Crippen molar-refractivity contribution in [2.75, 3.05) is 6.54 Å². The van der Waals surface area contributed by atoms with Crippen molar-refractivity contribution >= 4 is 16.8 Å². The minimum absolute atomic E-state index is 0.206. The van der Waals surface area contributed by atoms with Crippen LogP contribution in [0.15, 0.2) is 57.9 Å². The first-order chi connectivity index (χ1) is 12.7. The maximum absolute atomic E-state index is 12.3. The van der Waals surface area contributed by atoms with Crippen molar-refractivity contribution < 1.29 is 9.21 Å². The Kier molecular flexibility index (Phi) is 4.02. The van der Waals surface area contributed by atoms with Crippen LogP contribution < -0.4 is 10.9 Å². The van der Waals surface area contributed by atoms with Crippen LogP contribution in [0.1, 0.15) is 10.5 Å². The molecule has 1 amide bonds. The summed E-state index contributed by atoms with van der Waals surface area (Å²) in [7, 11) is 0. The van der Waals surface area contributed by atoms with Crippen molar-refractivity contribution in [2.24, 2.45) is 0 Å². The van der Waals surface area contributed by atoms with E-state index in [-0.39, 0.29) is 30.2 Å². The van der Waals surface area contributed by atoms with E-state index in [1.807, 2.05) is 0 Å². The molecule has 0 spiro atoms. The number of hydrogen-bond donors (Lipinski definition) is 2. The van der Waals surface area contributed by atoms with Gasteiger partial charge in [0, 0.05) is 12.6 Å². The molecule has 4 aromatic rings. The molecule has 0 saturated carbocycles. The number of nitrogens with zero attached hydrogens (tertiary/aromatic N) is 4. The molecule has 0 aliphatic rings. The quantitative estimate of drug-likeness (QED) is 0.558. The summed E-state index contributed by atoms with van der Waals surface area (Å²) in [4.78, 5) is 24.5. The van der Waals surface area contributed by atoms with E-state index in [0.29, 0.717) is 22.4 Å². The fourth-order valence-corrected chi connectivity index (χ4v) is 2.53. The fraction of sp³-hybridized carbons (Fsp3) is 0.118. The fourth-order valence-electron chi connectivity index (χ4n) is 2.53. The van der Waals surface area contributed by atoms with Gasteiger partial charge in [-0.25, -0.2) is 4.68 Å². The normalized spacial score (nSPS) is 10.9. The molecule has 9 nitrogen and oxygen atoms in total. The predicted molar refractivity (Wildman–Crippen MR) is 92.4 cm³/mol. The Morgan fingerprint density at radius 2 is 2.12 bits per heavy atom. The highest BCUT2D eigenvalue weighted by Gasteiger charge is 2.12. The molecule has 2 N–H and O–H groups in total. The molecular formula is C17H14N6O3. The second kappa shape index (κ2) is 6.63. The maximum Gasteiger partial charge on any atom is 0.277 e. The van der Waals surface area contributed by atoms with Crippen molar-refractivity contribution in [1.29, 1.82) is 0 Å². The molecule has 0 fully saturated rings. The Morgan fingerprint density at radius 1 is 1.23 bits per heavy atom. The number of carbonyl (C=O) groups is 1. The van der Waals surface area contributed by atoms with Gasteiger partial charge >= 0.3 is 0 Å². The molecule has 0 radical (unpaired) electrons. The largest absolute Gasteiger partial charge is 0.463 e. The Labute approximate surface area is 146 Å². The van der Waals surface area contributed by atoms with E-state index in [1.165, 1.54) is 10.9 Å². The number of aromatic nitrogens is 5. The van der Waals surface area contributed by atoms with Crippen LogP contribution in [0, 0.1) is 0 Å². The number of hydrogen-bond acceptors (Lipinski definition) is 6. The zero-order valence-electron chi connectivity index (χ0n) is 13.5. The van der Waals surface area contributed by atoms with Crippen LogP contribution in [0.25, 0.3) is 22.4 Å². The summed E-state index contributed by atoms with van der Waals surface area (Å²) in [5, 5.41) is 17.8. The van der Waals surface area contributed by atoms with Crippen LogP contribution in [0.2, 0.25) is 0 Å². The van der Waals surface area contributed by atoms with E-state index >= 15 is 0 Å². The smallest absolute Gasteiger partial charge is 0.277 e. The molecule has 0 aliphatic carbocycles. The lowest BCUT2D eigenvalue weighted by Gasteiger charge is -2.05. The Morgan fingerprint density at radius 3 is 2.96 bits per heavy atom. The van der Waals surface area contributed by atoms with Gasteiger partial charge in [0.2, 0.25) is 0 Å². The third-order valence-electron chi connectivity index (χ3n) is 3.84. The van der Waals surface area contributed by atoms with Gasteiger partial charge < -0.3 is 9.73 Å². The molecule has 0 saturated heterocycles. The van der Waals surface area contributed by atoms with E-state index in [1.54, 1.807) is 42.5 Å². The molecule has 26 heavy (non-hydrogen) atoms. The summed E-state index contributed by atoms with van der Waals surface area (Å²) in [6.45, 7) is 0.423. The second-order valence-electron chi connectivity index (χ2n) is 5.53. The average Bonchev–Trinajstić information content (AvgIpc) is 3.35. The zero-order valence-corrected chi connectivity index (χ0v) is 13.5. The molecule has 3 aromatic heterocycles. The molecule has 9 heteroatoms. The number of furan rings is 1. The maximum atomic E-state index is 12.3. The van der Waals surface area contributed by atoms with Gasteiger partial charge in [-0.2, -0.15) is 5.10 Å². The van der Waals surface area contributed by atoms with Crippen LogP contribution in [0.5, 0.6) is 0 Å².